The normalized spacial score (nSPS) is 16.3. The Morgan fingerprint density at radius 2 is 1.93 bits per heavy atom. The third-order valence-corrected chi connectivity index (χ3v) is 5.29. The van der Waals surface area contributed by atoms with Crippen LogP contribution in [-0.2, 0) is 16.0 Å². The van der Waals surface area contributed by atoms with E-state index in [1.807, 2.05) is 18.2 Å². The van der Waals surface area contributed by atoms with Crippen molar-refractivity contribution in [2.45, 2.75) is 38.3 Å². The van der Waals surface area contributed by atoms with E-state index in [1.54, 1.807) is 6.92 Å². The van der Waals surface area contributed by atoms with Crippen LogP contribution in [0.4, 0.5) is 0 Å². The summed E-state index contributed by atoms with van der Waals surface area (Å²) in [5.41, 5.74) is 2.54. The van der Waals surface area contributed by atoms with Crippen molar-refractivity contribution < 1.29 is 23.8 Å². The van der Waals surface area contributed by atoms with Crippen LogP contribution in [0.2, 0.25) is 5.02 Å². The van der Waals surface area contributed by atoms with E-state index in [-0.39, 0.29) is 22.5 Å². The number of benzene rings is 2. The summed E-state index contributed by atoms with van der Waals surface area (Å²) in [5.74, 6) is -0.374. The lowest BCUT2D eigenvalue weighted by Crippen LogP contribution is -2.39. The molecular formula is C22H24ClNO5. The molecule has 0 heterocycles. The van der Waals surface area contributed by atoms with Crippen LogP contribution >= 0.6 is 11.6 Å². The summed E-state index contributed by atoms with van der Waals surface area (Å²) in [5, 5.41) is 3.21. The molecule has 2 aromatic carbocycles. The van der Waals surface area contributed by atoms with Gasteiger partial charge < -0.3 is 19.5 Å². The number of hydrogen-bond acceptors (Lipinski definition) is 5. The van der Waals surface area contributed by atoms with Gasteiger partial charge in [-0.1, -0.05) is 35.9 Å². The molecule has 0 aliphatic heterocycles. The second kappa shape index (κ2) is 9.18. The number of aryl methyl sites for hydroxylation is 1. The molecule has 1 aliphatic rings. The summed E-state index contributed by atoms with van der Waals surface area (Å²) in [7, 11) is 2.90. The highest BCUT2D eigenvalue weighted by atomic mass is 35.5. The van der Waals surface area contributed by atoms with Gasteiger partial charge in [-0.15, -0.1) is 0 Å². The van der Waals surface area contributed by atoms with Crippen molar-refractivity contribution in [1.29, 1.82) is 0 Å². The van der Waals surface area contributed by atoms with Crippen molar-refractivity contribution in [2.24, 2.45) is 0 Å². The zero-order valence-electron chi connectivity index (χ0n) is 16.7. The van der Waals surface area contributed by atoms with Gasteiger partial charge in [-0.05, 0) is 49.4 Å². The van der Waals surface area contributed by atoms with Gasteiger partial charge in [0, 0.05) is 0 Å². The second-order valence-electron chi connectivity index (χ2n) is 6.89. The molecule has 0 aromatic heterocycles. The highest BCUT2D eigenvalue weighted by Crippen LogP contribution is 2.36. The molecule has 2 aromatic rings. The van der Waals surface area contributed by atoms with Crippen LogP contribution in [0.5, 0.6) is 11.5 Å². The van der Waals surface area contributed by atoms with Gasteiger partial charge in [0.25, 0.3) is 5.91 Å². The third-order valence-electron chi connectivity index (χ3n) is 5.01. The minimum atomic E-state index is -0.955. The Morgan fingerprint density at radius 3 is 2.66 bits per heavy atom. The maximum absolute atomic E-state index is 12.6. The lowest BCUT2D eigenvalue weighted by molar-refractivity contribution is -0.130. The number of hydrogen-bond donors (Lipinski definition) is 1. The monoisotopic (exact) mass is 417 g/mol. The summed E-state index contributed by atoms with van der Waals surface area (Å²) in [6.07, 6.45) is 1.91. The largest absolute Gasteiger partial charge is 0.493 e. The van der Waals surface area contributed by atoms with Crippen molar-refractivity contribution in [3.8, 4) is 11.5 Å². The lowest BCUT2D eigenvalue weighted by Gasteiger charge is -2.27. The fourth-order valence-corrected chi connectivity index (χ4v) is 3.80. The van der Waals surface area contributed by atoms with E-state index >= 15 is 0 Å². The van der Waals surface area contributed by atoms with E-state index < -0.39 is 12.1 Å². The Morgan fingerprint density at radius 1 is 1.17 bits per heavy atom. The molecule has 7 heteroatoms. The number of methoxy groups -OCH3 is 2. The van der Waals surface area contributed by atoms with Gasteiger partial charge in [-0.25, -0.2) is 4.79 Å². The van der Waals surface area contributed by atoms with Gasteiger partial charge >= 0.3 is 5.97 Å². The van der Waals surface area contributed by atoms with Crippen molar-refractivity contribution in [3.63, 3.8) is 0 Å². The van der Waals surface area contributed by atoms with Crippen molar-refractivity contribution >= 4 is 23.5 Å². The van der Waals surface area contributed by atoms with E-state index in [2.05, 4.69) is 11.4 Å². The number of esters is 1. The maximum atomic E-state index is 12.6. The molecule has 0 bridgehead atoms. The standard InChI is InChI=1S/C22H24ClNO5/c1-13(21(25)24-18-10-6-8-14-7-4-5-9-16(14)18)29-22(26)15-11-17(23)20(28-3)19(12-15)27-2/h4-5,7,9,11-13,18H,6,8,10H2,1-3H3,(H,24,25)/t13-,18+/m0/s1. The van der Waals surface area contributed by atoms with Crippen molar-refractivity contribution in [1.82, 2.24) is 5.32 Å². The summed E-state index contributed by atoms with van der Waals surface area (Å²) < 4.78 is 15.7. The molecule has 1 amide bonds. The molecule has 0 radical (unpaired) electrons. The van der Waals surface area contributed by atoms with E-state index in [0.29, 0.717) is 11.5 Å². The van der Waals surface area contributed by atoms with Crippen LogP contribution in [0, 0.1) is 0 Å². The Balaban J connectivity index is 1.67. The van der Waals surface area contributed by atoms with Gasteiger partial charge in [0.2, 0.25) is 0 Å². The van der Waals surface area contributed by atoms with Crippen molar-refractivity contribution in [3.05, 3.63) is 58.1 Å². The fourth-order valence-electron chi connectivity index (χ4n) is 3.51. The molecule has 1 aliphatic carbocycles. The molecular weight excluding hydrogens is 394 g/mol. The number of amides is 1. The van der Waals surface area contributed by atoms with Gasteiger partial charge in [0.15, 0.2) is 17.6 Å². The number of carbonyl (C=O) groups is 2. The maximum Gasteiger partial charge on any atom is 0.339 e. The zero-order valence-corrected chi connectivity index (χ0v) is 17.4. The average molecular weight is 418 g/mol. The number of halogens is 1. The van der Waals surface area contributed by atoms with E-state index in [0.717, 1.165) is 24.8 Å². The summed E-state index contributed by atoms with van der Waals surface area (Å²) in [4.78, 5) is 25.1. The highest BCUT2D eigenvalue weighted by Gasteiger charge is 2.26. The molecule has 2 atom stereocenters. The summed E-state index contributed by atoms with van der Waals surface area (Å²) in [6.45, 7) is 1.55. The van der Waals surface area contributed by atoms with Crippen LogP contribution in [-0.4, -0.2) is 32.2 Å². The number of fused-ring (bicyclic) bond motifs is 1. The van der Waals surface area contributed by atoms with E-state index in [1.165, 1.54) is 31.9 Å². The molecule has 0 saturated carbocycles. The number of carbonyl (C=O) groups excluding carboxylic acids is 2. The molecule has 0 spiro atoms. The van der Waals surface area contributed by atoms with Crippen LogP contribution < -0.4 is 14.8 Å². The molecule has 3 rings (SSSR count). The lowest BCUT2D eigenvalue weighted by atomic mass is 9.87. The topological polar surface area (TPSA) is 73.9 Å². The van der Waals surface area contributed by atoms with Gasteiger partial charge in [-0.3, -0.25) is 4.79 Å². The Bertz CT molecular complexity index is 914. The smallest absolute Gasteiger partial charge is 0.339 e. The van der Waals surface area contributed by atoms with E-state index in [4.69, 9.17) is 25.8 Å². The quantitative estimate of drug-likeness (QED) is 0.716. The Hall–Kier alpha value is -2.73. The number of rotatable bonds is 6. The summed E-state index contributed by atoms with van der Waals surface area (Å²) in [6, 6.07) is 10.9. The van der Waals surface area contributed by atoms with Crippen LogP contribution in [0.15, 0.2) is 36.4 Å². The molecule has 0 saturated heterocycles. The molecule has 0 fully saturated rings. The first-order chi connectivity index (χ1) is 13.9. The van der Waals surface area contributed by atoms with Crippen LogP contribution in [0.1, 0.15) is 47.3 Å². The highest BCUT2D eigenvalue weighted by molar-refractivity contribution is 6.32. The fraction of sp³-hybridized carbons (Fsp3) is 0.364. The SMILES string of the molecule is COc1cc(C(=O)O[C@@H](C)C(=O)N[C@@H]2CCCc3ccccc32)cc(Cl)c1OC. The second-order valence-corrected chi connectivity index (χ2v) is 7.30. The van der Waals surface area contributed by atoms with E-state index in [9.17, 15) is 9.59 Å². The Labute approximate surface area is 175 Å². The number of nitrogens with one attached hydrogen (secondary N) is 1. The summed E-state index contributed by atoms with van der Waals surface area (Å²) >= 11 is 6.14. The number of ether oxygens (including phenoxy) is 3. The average Bonchev–Trinajstić information content (AvgIpc) is 2.73. The zero-order chi connectivity index (χ0) is 21.0. The third kappa shape index (κ3) is 4.65. The molecule has 154 valence electrons. The first-order valence-corrected chi connectivity index (χ1v) is 9.83. The predicted molar refractivity (Wildman–Crippen MR) is 110 cm³/mol. The van der Waals surface area contributed by atoms with Gasteiger partial charge in [-0.2, -0.15) is 0 Å². The first kappa shape index (κ1) is 21.0. The minimum absolute atomic E-state index is 0.0795. The van der Waals surface area contributed by atoms with Crippen LogP contribution in [0.3, 0.4) is 0 Å². The predicted octanol–water partition coefficient (Wildman–Crippen LogP) is 4.10. The van der Waals surface area contributed by atoms with Crippen molar-refractivity contribution in [2.75, 3.05) is 14.2 Å². The molecule has 29 heavy (non-hydrogen) atoms. The molecule has 6 nitrogen and oxygen atoms in total. The van der Waals surface area contributed by atoms with Crippen LogP contribution in [0.25, 0.3) is 0 Å². The van der Waals surface area contributed by atoms with Gasteiger partial charge in [0.1, 0.15) is 0 Å². The van der Waals surface area contributed by atoms with Gasteiger partial charge in [0.05, 0.1) is 30.8 Å². The Kier molecular flexibility index (Phi) is 6.64. The molecule has 0 unspecified atom stereocenters. The first-order valence-electron chi connectivity index (χ1n) is 9.45. The minimum Gasteiger partial charge on any atom is -0.493 e. The molecule has 1 N–H and O–H groups in total.